The van der Waals surface area contributed by atoms with Crippen molar-refractivity contribution in [3.63, 3.8) is 0 Å². The van der Waals surface area contributed by atoms with E-state index >= 15 is 0 Å². The third-order valence-corrected chi connectivity index (χ3v) is 6.03. The normalized spacial score (nSPS) is 14.3. The lowest BCUT2D eigenvalue weighted by Crippen LogP contribution is -2.25. The molecule has 0 atom stereocenters. The van der Waals surface area contributed by atoms with Crippen molar-refractivity contribution >= 4 is 0 Å². The summed E-state index contributed by atoms with van der Waals surface area (Å²) in [5.74, 6) is 0. The summed E-state index contributed by atoms with van der Waals surface area (Å²) in [4.78, 5) is 0. The maximum absolute atomic E-state index is 3.32. The molecule has 2 aromatic carbocycles. The van der Waals surface area contributed by atoms with Gasteiger partial charge >= 0.3 is 0 Å². The molecule has 0 heteroatoms. The van der Waals surface area contributed by atoms with Crippen LogP contribution in [-0.4, -0.2) is 0 Å². The van der Waals surface area contributed by atoms with Gasteiger partial charge in [-0.15, -0.1) is 0 Å². The maximum atomic E-state index is 3.32. The largest absolute Gasteiger partial charge is 0.0654 e. The fraction of sp³-hybridized carbons (Fsp3) is 0.520. The summed E-state index contributed by atoms with van der Waals surface area (Å²) in [6.07, 6.45) is 13.4. The van der Waals surface area contributed by atoms with Crippen molar-refractivity contribution in [2.75, 3.05) is 0 Å². The minimum Gasteiger partial charge on any atom is -0.0654 e. The summed E-state index contributed by atoms with van der Waals surface area (Å²) < 4.78 is 0. The Morgan fingerprint density at radius 2 is 1.36 bits per heavy atom. The highest BCUT2D eigenvalue weighted by molar-refractivity contribution is 5.80. The van der Waals surface area contributed by atoms with E-state index in [2.05, 4.69) is 62.4 Å². The first-order valence-electron chi connectivity index (χ1n) is 10.4. The molecular formula is C25H33. The van der Waals surface area contributed by atoms with Crippen LogP contribution in [0.1, 0.15) is 89.2 Å². The van der Waals surface area contributed by atoms with Gasteiger partial charge in [0.05, 0.1) is 0 Å². The van der Waals surface area contributed by atoms with E-state index in [9.17, 15) is 0 Å². The van der Waals surface area contributed by atoms with Gasteiger partial charge in [-0.25, -0.2) is 0 Å². The van der Waals surface area contributed by atoms with Gasteiger partial charge in [0.15, 0.2) is 0 Å². The number of unbranched alkanes of at least 4 members (excludes halogenated alkanes) is 6. The molecule has 3 rings (SSSR count). The monoisotopic (exact) mass is 333 g/mol. The van der Waals surface area contributed by atoms with Crippen LogP contribution < -0.4 is 0 Å². The quantitative estimate of drug-likeness (QED) is 0.391. The molecule has 1 radical (unpaired) electrons. The second kappa shape index (κ2) is 8.70. The first-order chi connectivity index (χ1) is 12.3. The van der Waals surface area contributed by atoms with Crippen molar-refractivity contribution in [2.24, 2.45) is 0 Å². The average Bonchev–Trinajstić information content (AvgIpc) is 2.94. The summed E-state index contributed by atoms with van der Waals surface area (Å²) in [6.45, 7) is 4.60. The van der Waals surface area contributed by atoms with Crippen LogP contribution >= 0.6 is 0 Å². The highest BCUT2D eigenvalue weighted by Crippen LogP contribution is 2.53. The Balaban J connectivity index is 1.94. The maximum Gasteiger partial charge on any atom is 0.0215 e. The molecule has 0 aliphatic heterocycles. The van der Waals surface area contributed by atoms with Crippen molar-refractivity contribution in [3.05, 3.63) is 59.7 Å². The molecule has 0 saturated carbocycles. The lowest BCUT2D eigenvalue weighted by Gasteiger charge is -2.33. The molecule has 0 bridgehead atoms. The Morgan fingerprint density at radius 3 is 2.04 bits per heavy atom. The highest BCUT2D eigenvalue weighted by atomic mass is 14.4. The standard InChI is InChI=1S/C25H33/c1-3-5-7-13-19-25(20-14-8-6-4-2)23-17-11-9-15-21(23)22-16-10-12-18-24(22)25/h9,11-12,15-18H,3-8,13-14,19-20H2,1-2H3. The van der Waals surface area contributed by atoms with Crippen LogP contribution in [-0.2, 0) is 5.41 Å². The fourth-order valence-corrected chi connectivity index (χ4v) is 4.72. The van der Waals surface area contributed by atoms with Crippen LogP contribution in [0.15, 0.2) is 42.5 Å². The molecule has 0 nitrogen and oxygen atoms in total. The fourth-order valence-electron chi connectivity index (χ4n) is 4.72. The van der Waals surface area contributed by atoms with Crippen LogP contribution in [0.5, 0.6) is 0 Å². The number of hydrogen-bond donors (Lipinski definition) is 0. The summed E-state index contributed by atoms with van der Waals surface area (Å²) in [5.41, 5.74) is 6.28. The number of hydrogen-bond acceptors (Lipinski definition) is 0. The molecule has 1 aliphatic rings. The summed E-state index contributed by atoms with van der Waals surface area (Å²) in [6, 6.07) is 19.2. The van der Waals surface area contributed by atoms with E-state index in [1.807, 2.05) is 0 Å². The second-order valence-electron chi connectivity index (χ2n) is 7.72. The highest BCUT2D eigenvalue weighted by Gasteiger charge is 2.41. The van der Waals surface area contributed by atoms with E-state index in [1.165, 1.54) is 75.3 Å². The summed E-state index contributed by atoms with van der Waals surface area (Å²) >= 11 is 0. The van der Waals surface area contributed by atoms with Crippen molar-refractivity contribution in [1.82, 2.24) is 0 Å². The van der Waals surface area contributed by atoms with E-state index < -0.39 is 0 Å². The Kier molecular flexibility index (Phi) is 6.34. The van der Waals surface area contributed by atoms with Crippen molar-refractivity contribution < 1.29 is 0 Å². The molecule has 1 aliphatic carbocycles. The van der Waals surface area contributed by atoms with Crippen LogP contribution in [0.4, 0.5) is 0 Å². The van der Waals surface area contributed by atoms with Gasteiger partial charge in [-0.05, 0) is 47.2 Å². The predicted molar refractivity (Wildman–Crippen MR) is 109 cm³/mol. The van der Waals surface area contributed by atoms with Crippen LogP contribution in [0.25, 0.3) is 11.1 Å². The Morgan fingerprint density at radius 1 is 0.720 bits per heavy atom. The molecule has 0 amide bonds. The molecular weight excluding hydrogens is 300 g/mol. The molecule has 0 saturated heterocycles. The van der Waals surface area contributed by atoms with E-state index in [0.29, 0.717) is 0 Å². The Labute approximate surface area is 154 Å². The van der Waals surface area contributed by atoms with Gasteiger partial charge in [0.1, 0.15) is 0 Å². The molecule has 0 unspecified atom stereocenters. The summed E-state index contributed by atoms with van der Waals surface area (Å²) in [7, 11) is 0. The average molecular weight is 334 g/mol. The first kappa shape index (κ1) is 18.2. The molecule has 0 heterocycles. The zero-order valence-electron chi connectivity index (χ0n) is 16.1. The molecule has 0 fully saturated rings. The number of fused-ring (bicyclic) bond motifs is 3. The van der Waals surface area contributed by atoms with Crippen molar-refractivity contribution in [2.45, 2.75) is 83.5 Å². The van der Waals surface area contributed by atoms with Crippen LogP contribution in [0.2, 0.25) is 0 Å². The predicted octanol–water partition coefficient (Wildman–Crippen LogP) is 7.69. The topological polar surface area (TPSA) is 0 Å². The van der Waals surface area contributed by atoms with Crippen LogP contribution in [0, 0.1) is 6.07 Å². The van der Waals surface area contributed by atoms with Gasteiger partial charge in [0, 0.05) is 5.41 Å². The lowest BCUT2D eigenvalue weighted by atomic mass is 9.70. The van der Waals surface area contributed by atoms with Gasteiger partial charge < -0.3 is 0 Å². The molecule has 0 spiro atoms. The number of rotatable bonds is 10. The van der Waals surface area contributed by atoms with Crippen molar-refractivity contribution in [1.29, 1.82) is 0 Å². The zero-order valence-corrected chi connectivity index (χ0v) is 16.1. The Hall–Kier alpha value is -1.56. The third-order valence-electron chi connectivity index (χ3n) is 6.03. The van der Waals surface area contributed by atoms with Crippen LogP contribution in [0.3, 0.4) is 0 Å². The van der Waals surface area contributed by atoms with Gasteiger partial charge in [0.25, 0.3) is 0 Å². The van der Waals surface area contributed by atoms with E-state index in [1.54, 1.807) is 11.1 Å². The summed E-state index contributed by atoms with van der Waals surface area (Å²) in [5, 5.41) is 0. The molecule has 0 aromatic heterocycles. The van der Waals surface area contributed by atoms with E-state index in [0.717, 1.165) is 0 Å². The second-order valence-corrected chi connectivity index (χ2v) is 7.72. The lowest BCUT2D eigenvalue weighted by molar-refractivity contribution is 0.401. The van der Waals surface area contributed by atoms with Crippen molar-refractivity contribution in [3.8, 4) is 11.1 Å². The SMILES string of the molecule is CCCCCCC1(CCCCCC)c2cc[c]cc2-c2ccccc21. The smallest absolute Gasteiger partial charge is 0.0215 e. The van der Waals surface area contributed by atoms with Gasteiger partial charge in [-0.3, -0.25) is 0 Å². The van der Waals surface area contributed by atoms with Gasteiger partial charge in [-0.2, -0.15) is 0 Å². The molecule has 0 N–H and O–H groups in total. The molecule has 133 valence electrons. The minimum absolute atomic E-state index is 0.239. The van der Waals surface area contributed by atoms with E-state index in [4.69, 9.17) is 0 Å². The molecule has 25 heavy (non-hydrogen) atoms. The first-order valence-corrected chi connectivity index (χ1v) is 10.4. The number of benzene rings is 2. The zero-order chi connectivity index (χ0) is 17.5. The minimum atomic E-state index is 0.239. The third kappa shape index (κ3) is 3.68. The Bertz CT molecular complexity index is 608. The van der Waals surface area contributed by atoms with Gasteiger partial charge in [0.2, 0.25) is 0 Å². The van der Waals surface area contributed by atoms with E-state index in [-0.39, 0.29) is 5.41 Å². The van der Waals surface area contributed by atoms with Gasteiger partial charge in [-0.1, -0.05) is 102 Å². The molecule has 2 aromatic rings.